The minimum atomic E-state index is 0.283. The summed E-state index contributed by atoms with van der Waals surface area (Å²) in [6, 6.07) is 0. The van der Waals surface area contributed by atoms with Crippen molar-refractivity contribution < 1.29 is 9.53 Å². The summed E-state index contributed by atoms with van der Waals surface area (Å²) in [7, 11) is 1.73. The number of carbonyl (C=O) groups is 1. The molecule has 0 bridgehead atoms. The van der Waals surface area contributed by atoms with Gasteiger partial charge in [-0.15, -0.1) is 0 Å². The van der Waals surface area contributed by atoms with Crippen LogP contribution in [0.15, 0.2) is 0 Å². The number of carbonyl (C=O) groups excluding carboxylic acids is 1. The standard InChI is InChI=1S/C13H26N2O2/c1-11(8-14)5-6-13(16)15-7-3-4-12(9-15)10-17-2/h11-12H,3-10,14H2,1-2H3. The maximum Gasteiger partial charge on any atom is 0.222 e. The summed E-state index contributed by atoms with van der Waals surface area (Å²) < 4.78 is 5.17. The number of rotatable bonds is 6. The molecule has 1 fully saturated rings. The van der Waals surface area contributed by atoms with Crippen LogP contribution in [0.25, 0.3) is 0 Å². The Morgan fingerprint density at radius 2 is 2.35 bits per heavy atom. The molecule has 0 radical (unpaired) electrons. The smallest absolute Gasteiger partial charge is 0.222 e. The van der Waals surface area contributed by atoms with Crippen molar-refractivity contribution in [1.29, 1.82) is 0 Å². The SMILES string of the molecule is COCC1CCCN(C(=O)CCC(C)CN)C1. The molecule has 0 aromatic carbocycles. The molecule has 0 aromatic rings. The zero-order valence-electron chi connectivity index (χ0n) is 11.2. The van der Waals surface area contributed by atoms with Gasteiger partial charge in [0.05, 0.1) is 6.61 Å². The Labute approximate surface area is 104 Å². The second-order valence-corrected chi connectivity index (χ2v) is 5.18. The quantitative estimate of drug-likeness (QED) is 0.762. The Bertz CT molecular complexity index is 231. The molecule has 1 amide bonds. The lowest BCUT2D eigenvalue weighted by Gasteiger charge is -2.32. The van der Waals surface area contributed by atoms with Crippen molar-refractivity contribution in [2.24, 2.45) is 17.6 Å². The molecule has 1 saturated heterocycles. The van der Waals surface area contributed by atoms with Gasteiger partial charge in [-0.3, -0.25) is 4.79 Å². The van der Waals surface area contributed by atoms with Crippen LogP contribution in [0, 0.1) is 11.8 Å². The van der Waals surface area contributed by atoms with E-state index < -0.39 is 0 Å². The van der Waals surface area contributed by atoms with Crippen molar-refractivity contribution in [2.75, 3.05) is 33.4 Å². The van der Waals surface area contributed by atoms with Crippen LogP contribution in [-0.2, 0) is 9.53 Å². The van der Waals surface area contributed by atoms with Gasteiger partial charge in [-0.2, -0.15) is 0 Å². The molecule has 17 heavy (non-hydrogen) atoms. The predicted molar refractivity (Wildman–Crippen MR) is 68.6 cm³/mol. The van der Waals surface area contributed by atoms with Crippen molar-refractivity contribution in [3.8, 4) is 0 Å². The van der Waals surface area contributed by atoms with E-state index in [-0.39, 0.29) is 5.91 Å². The Kier molecular flexibility index (Phi) is 6.52. The first-order chi connectivity index (χ1) is 8.17. The summed E-state index contributed by atoms with van der Waals surface area (Å²) in [4.78, 5) is 14.0. The van der Waals surface area contributed by atoms with E-state index in [1.807, 2.05) is 4.90 Å². The zero-order valence-corrected chi connectivity index (χ0v) is 11.2. The molecule has 1 aliphatic heterocycles. The number of amides is 1. The molecule has 2 atom stereocenters. The first-order valence-corrected chi connectivity index (χ1v) is 6.64. The van der Waals surface area contributed by atoms with E-state index in [0.717, 1.165) is 32.5 Å². The maximum atomic E-state index is 12.0. The van der Waals surface area contributed by atoms with Gasteiger partial charge in [0.2, 0.25) is 5.91 Å². The predicted octanol–water partition coefficient (Wildman–Crippen LogP) is 1.25. The first-order valence-electron chi connectivity index (χ1n) is 6.64. The molecule has 2 N–H and O–H groups in total. The molecule has 0 aliphatic carbocycles. The van der Waals surface area contributed by atoms with Crippen LogP contribution in [-0.4, -0.2) is 44.2 Å². The Balaban J connectivity index is 2.30. The molecule has 1 rings (SSSR count). The highest BCUT2D eigenvalue weighted by Crippen LogP contribution is 2.18. The van der Waals surface area contributed by atoms with E-state index in [1.165, 1.54) is 6.42 Å². The highest BCUT2D eigenvalue weighted by molar-refractivity contribution is 5.76. The van der Waals surface area contributed by atoms with Gasteiger partial charge in [-0.05, 0) is 37.6 Å². The molecular weight excluding hydrogens is 216 g/mol. The van der Waals surface area contributed by atoms with E-state index in [1.54, 1.807) is 7.11 Å². The number of hydrogen-bond acceptors (Lipinski definition) is 3. The average molecular weight is 242 g/mol. The largest absolute Gasteiger partial charge is 0.384 e. The van der Waals surface area contributed by atoms with Crippen molar-refractivity contribution in [3.63, 3.8) is 0 Å². The topological polar surface area (TPSA) is 55.6 Å². The number of nitrogens with two attached hydrogens (primary N) is 1. The van der Waals surface area contributed by atoms with Gasteiger partial charge < -0.3 is 15.4 Å². The minimum absolute atomic E-state index is 0.283. The number of likely N-dealkylation sites (tertiary alicyclic amines) is 1. The van der Waals surface area contributed by atoms with Crippen LogP contribution in [0.5, 0.6) is 0 Å². The molecule has 100 valence electrons. The van der Waals surface area contributed by atoms with Crippen LogP contribution >= 0.6 is 0 Å². The molecule has 2 unspecified atom stereocenters. The molecule has 1 aliphatic rings. The Morgan fingerprint density at radius 3 is 3.00 bits per heavy atom. The van der Waals surface area contributed by atoms with Gasteiger partial charge >= 0.3 is 0 Å². The second kappa shape index (κ2) is 7.67. The molecule has 0 spiro atoms. The normalized spacial score (nSPS) is 22.5. The monoisotopic (exact) mass is 242 g/mol. The Morgan fingerprint density at radius 1 is 1.59 bits per heavy atom. The van der Waals surface area contributed by atoms with Gasteiger partial charge in [0.15, 0.2) is 0 Å². The van der Waals surface area contributed by atoms with Crippen LogP contribution < -0.4 is 5.73 Å². The summed E-state index contributed by atoms with van der Waals surface area (Å²) in [5, 5.41) is 0. The van der Waals surface area contributed by atoms with Crippen LogP contribution in [0.3, 0.4) is 0 Å². The highest BCUT2D eigenvalue weighted by atomic mass is 16.5. The third-order valence-corrected chi connectivity index (χ3v) is 3.53. The molecular formula is C13H26N2O2. The molecule has 4 heteroatoms. The van der Waals surface area contributed by atoms with Crippen LogP contribution in [0.1, 0.15) is 32.6 Å². The van der Waals surface area contributed by atoms with Crippen LogP contribution in [0.2, 0.25) is 0 Å². The highest BCUT2D eigenvalue weighted by Gasteiger charge is 2.23. The fourth-order valence-corrected chi connectivity index (χ4v) is 2.31. The third kappa shape index (κ3) is 5.04. The van der Waals surface area contributed by atoms with Crippen molar-refractivity contribution in [3.05, 3.63) is 0 Å². The molecule has 1 heterocycles. The van der Waals surface area contributed by atoms with E-state index in [0.29, 0.717) is 24.8 Å². The summed E-state index contributed by atoms with van der Waals surface area (Å²) >= 11 is 0. The van der Waals surface area contributed by atoms with Gasteiger partial charge in [0, 0.05) is 26.6 Å². The summed E-state index contributed by atoms with van der Waals surface area (Å²) in [5.74, 6) is 1.24. The van der Waals surface area contributed by atoms with Crippen molar-refractivity contribution in [1.82, 2.24) is 4.90 Å². The van der Waals surface area contributed by atoms with Gasteiger partial charge in [0.25, 0.3) is 0 Å². The number of ether oxygens (including phenoxy) is 1. The maximum absolute atomic E-state index is 12.0. The lowest BCUT2D eigenvalue weighted by atomic mass is 9.98. The van der Waals surface area contributed by atoms with Gasteiger partial charge in [-0.1, -0.05) is 6.92 Å². The van der Waals surface area contributed by atoms with E-state index in [2.05, 4.69) is 6.92 Å². The van der Waals surface area contributed by atoms with Crippen molar-refractivity contribution in [2.45, 2.75) is 32.6 Å². The third-order valence-electron chi connectivity index (χ3n) is 3.53. The molecule has 4 nitrogen and oxygen atoms in total. The van der Waals surface area contributed by atoms with E-state index >= 15 is 0 Å². The number of nitrogens with zero attached hydrogens (tertiary/aromatic N) is 1. The number of hydrogen-bond donors (Lipinski definition) is 1. The number of piperidine rings is 1. The van der Waals surface area contributed by atoms with Crippen LogP contribution in [0.4, 0.5) is 0 Å². The van der Waals surface area contributed by atoms with Gasteiger partial charge in [0.1, 0.15) is 0 Å². The van der Waals surface area contributed by atoms with Gasteiger partial charge in [-0.25, -0.2) is 0 Å². The van der Waals surface area contributed by atoms with Crippen molar-refractivity contribution >= 4 is 5.91 Å². The fraction of sp³-hybridized carbons (Fsp3) is 0.923. The van der Waals surface area contributed by atoms with E-state index in [4.69, 9.17) is 10.5 Å². The molecule has 0 saturated carbocycles. The lowest BCUT2D eigenvalue weighted by Crippen LogP contribution is -2.41. The van der Waals surface area contributed by atoms with E-state index in [9.17, 15) is 4.79 Å². The number of methoxy groups -OCH3 is 1. The summed E-state index contributed by atoms with van der Waals surface area (Å²) in [6.07, 6.45) is 3.82. The Hall–Kier alpha value is -0.610. The first kappa shape index (κ1) is 14.5. The fourth-order valence-electron chi connectivity index (χ4n) is 2.31. The zero-order chi connectivity index (χ0) is 12.7. The summed E-state index contributed by atoms with van der Waals surface area (Å²) in [6.45, 7) is 5.31. The second-order valence-electron chi connectivity index (χ2n) is 5.18. The average Bonchev–Trinajstić information content (AvgIpc) is 2.36. The molecule has 0 aromatic heterocycles. The minimum Gasteiger partial charge on any atom is -0.384 e. The lowest BCUT2D eigenvalue weighted by molar-refractivity contribution is -0.133. The summed E-state index contributed by atoms with van der Waals surface area (Å²) in [5.41, 5.74) is 5.56.